The molecule has 2 aromatic rings. The fourth-order valence-corrected chi connectivity index (χ4v) is 1.47. The van der Waals surface area contributed by atoms with Gasteiger partial charge in [0.2, 0.25) is 0 Å². The molecule has 0 aliphatic rings. The smallest absolute Gasteiger partial charge is 0.181 e. The molecule has 0 saturated heterocycles. The van der Waals surface area contributed by atoms with E-state index in [0.717, 1.165) is 17.8 Å². The summed E-state index contributed by atoms with van der Waals surface area (Å²) in [6.07, 6.45) is 0. The predicted octanol–water partition coefficient (Wildman–Crippen LogP) is 1.61. The summed E-state index contributed by atoms with van der Waals surface area (Å²) in [5, 5.41) is 17.1. The van der Waals surface area contributed by atoms with E-state index in [9.17, 15) is 0 Å². The third-order valence-corrected chi connectivity index (χ3v) is 2.14. The van der Waals surface area contributed by atoms with Crippen molar-refractivity contribution in [1.82, 2.24) is 20.6 Å². The molecule has 0 atom stereocenters. The molecule has 2 N–H and O–H groups in total. The summed E-state index contributed by atoms with van der Waals surface area (Å²) in [4.78, 5) is 0. The molecule has 2 rings (SSSR count). The standard InChI is InChI=1S/C10H13N5/c1-3-11-9-6-7(2)4-5-8(9)10-12-14-15-13-10/h4-6,11H,3H2,1-2H3,(H,12,13,14,15). The molecule has 0 aliphatic carbocycles. The maximum absolute atomic E-state index is 3.90. The number of hydrogen-bond donors (Lipinski definition) is 2. The number of rotatable bonds is 3. The quantitative estimate of drug-likeness (QED) is 0.795. The summed E-state index contributed by atoms with van der Waals surface area (Å²) >= 11 is 0. The highest BCUT2D eigenvalue weighted by molar-refractivity contribution is 5.73. The summed E-state index contributed by atoms with van der Waals surface area (Å²) in [5.41, 5.74) is 3.26. The Morgan fingerprint density at radius 2 is 2.27 bits per heavy atom. The van der Waals surface area contributed by atoms with Crippen molar-refractivity contribution in [3.8, 4) is 11.4 Å². The van der Waals surface area contributed by atoms with E-state index in [-0.39, 0.29) is 0 Å². The lowest BCUT2D eigenvalue weighted by Crippen LogP contribution is -1.99. The molecule has 0 fully saturated rings. The van der Waals surface area contributed by atoms with Crippen LogP contribution in [0.25, 0.3) is 11.4 Å². The van der Waals surface area contributed by atoms with Crippen LogP contribution in [0, 0.1) is 6.92 Å². The Hall–Kier alpha value is -1.91. The van der Waals surface area contributed by atoms with Crippen LogP contribution in [0.1, 0.15) is 12.5 Å². The highest BCUT2D eigenvalue weighted by Gasteiger charge is 2.07. The van der Waals surface area contributed by atoms with Gasteiger partial charge in [-0.1, -0.05) is 6.07 Å². The highest BCUT2D eigenvalue weighted by Crippen LogP contribution is 2.25. The zero-order chi connectivity index (χ0) is 10.7. The summed E-state index contributed by atoms with van der Waals surface area (Å²) in [6, 6.07) is 6.13. The van der Waals surface area contributed by atoms with Crippen LogP contribution in [0.3, 0.4) is 0 Å². The van der Waals surface area contributed by atoms with Crippen LogP contribution in [0.15, 0.2) is 18.2 Å². The first-order chi connectivity index (χ1) is 7.31. The number of H-pyrrole nitrogens is 1. The second-order valence-corrected chi connectivity index (χ2v) is 3.33. The SMILES string of the molecule is CCNc1cc(C)ccc1-c1nnn[nH]1. The third-order valence-electron chi connectivity index (χ3n) is 2.14. The van der Waals surface area contributed by atoms with Gasteiger partial charge in [-0.05, 0) is 42.0 Å². The molecule has 1 heterocycles. The van der Waals surface area contributed by atoms with Gasteiger partial charge < -0.3 is 5.32 Å². The Morgan fingerprint density at radius 3 is 2.93 bits per heavy atom. The van der Waals surface area contributed by atoms with Crippen molar-refractivity contribution in [3.63, 3.8) is 0 Å². The van der Waals surface area contributed by atoms with Crippen LogP contribution in [0.2, 0.25) is 0 Å². The first-order valence-electron chi connectivity index (χ1n) is 4.90. The van der Waals surface area contributed by atoms with Gasteiger partial charge in [0.1, 0.15) is 0 Å². The number of benzene rings is 1. The van der Waals surface area contributed by atoms with Crippen molar-refractivity contribution in [3.05, 3.63) is 23.8 Å². The van der Waals surface area contributed by atoms with Crippen LogP contribution < -0.4 is 5.32 Å². The molecule has 5 heteroatoms. The van der Waals surface area contributed by atoms with E-state index in [1.807, 2.05) is 12.1 Å². The van der Waals surface area contributed by atoms with Gasteiger partial charge in [0, 0.05) is 17.8 Å². The number of aryl methyl sites for hydroxylation is 1. The Kier molecular flexibility index (Phi) is 2.62. The maximum Gasteiger partial charge on any atom is 0.181 e. The number of tetrazole rings is 1. The molecule has 0 saturated carbocycles. The van der Waals surface area contributed by atoms with E-state index >= 15 is 0 Å². The average Bonchev–Trinajstić information content (AvgIpc) is 2.71. The largest absolute Gasteiger partial charge is 0.385 e. The zero-order valence-electron chi connectivity index (χ0n) is 8.78. The summed E-state index contributed by atoms with van der Waals surface area (Å²) in [7, 11) is 0. The Labute approximate surface area is 87.9 Å². The molecule has 15 heavy (non-hydrogen) atoms. The average molecular weight is 203 g/mol. The van der Waals surface area contributed by atoms with Crippen molar-refractivity contribution >= 4 is 5.69 Å². The number of anilines is 1. The minimum Gasteiger partial charge on any atom is -0.385 e. The van der Waals surface area contributed by atoms with Gasteiger partial charge in [-0.3, -0.25) is 0 Å². The van der Waals surface area contributed by atoms with Gasteiger partial charge in [-0.2, -0.15) is 0 Å². The van der Waals surface area contributed by atoms with Crippen molar-refractivity contribution in [2.75, 3.05) is 11.9 Å². The number of aromatic nitrogens is 4. The second-order valence-electron chi connectivity index (χ2n) is 3.33. The van der Waals surface area contributed by atoms with Gasteiger partial charge in [0.25, 0.3) is 0 Å². The first kappa shape index (κ1) is 9.64. The molecular formula is C10H13N5. The minimum atomic E-state index is 0.686. The molecule has 0 aliphatic heterocycles. The monoisotopic (exact) mass is 203 g/mol. The number of hydrogen-bond acceptors (Lipinski definition) is 4. The highest BCUT2D eigenvalue weighted by atomic mass is 15.5. The van der Waals surface area contributed by atoms with E-state index in [0.29, 0.717) is 5.82 Å². The van der Waals surface area contributed by atoms with Gasteiger partial charge in [0.15, 0.2) is 5.82 Å². The Bertz CT molecular complexity index is 435. The second kappa shape index (κ2) is 4.08. The van der Waals surface area contributed by atoms with E-state index < -0.39 is 0 Å². The molecule has 0 radical (unpaired) electrons. The number of aromatic amines is 1. The molecule has 0 unspecified atom stereocenters. The molecule has 5 nitrogen and oxygen atoms in total. The Morgan fingerprint density at radius 1 is 1.40 bits per heavy atom. The van der Waals surface area contributed by atoms with Crippen molar-refractivity contribution < 1.29 is 0 Å². The third kappa shape index (κ3) is 1.96. The predicted molar refractivity (Wildman–Crippen MR) is 58.5 cm³/mol. The van der Waals surface area contributed by atoms with Crippen LogP contribution in [0.5, 0.6) is 0 Å². The number of nitrogens with zero attached hydrogens (tertiary/aromatic N) is 3. The molecular weight excluding hydrogens is 190 g/mol. The van der Waals surface area contributed by atoms with Crippen molar-refractivity contribution in [2.45, 2.75) is 13.8 Å². The van der Waals surface area contributed by atoms with Crippen molar-refractivity contribution in [1.29, 1.82) is 0 Å². The number of nitrogens with one attached hydrogen (secondary N) is 2. The molecule has 0 amide bonds. The summed E-state index contributed by atoms with van der Waals surface area (Å²) in [5.74, 6) is 0.686. The molecule has 78 valence electrons. The molecule has 1 aromatic heterocycles. The lowest BCUT2D eigenvalue weighted by Gasteiger charge is -2.08. The fraction of sp³-hybridized carbons (Fsp3) is 0.300. The maximum atomic E-state index is 3.90. The van der Waals surface area contributed by atoms with E-state index in [2.05, 4.69) is 45.9 Å². The first-order valence-corrected chi connectivity index (χ1v) is 4.90. The van der Waals surface area contributed by atoms with Crippen LogP contribution >= 0.6 is 0 Å². The Balaban J connectivity index is 2.46. The zero-order valence-corrected chi connectivity index (χ0v) is 8.78. The normalized spacial score (nSPS) is 10.3. The fourth-order valence-electron chi connectivity index (χ4n) is 1.47. The summed E-state index contributed by atoms with van der Waals surface area (Å²) in [6.45, 7) is 4.99. The van der Waals surface area contributed by atoms with E-state index in [4.69, 9.17) is 0 Å². The lowest BCUT2D eigenvalue weighted by molar-refractivity contribution is 0.881. The van der Waals surface area contributed by atoms with Crippen molar-refractivity contribution in [2.24, 2.45) is 0 Å². The molecule has 1 aromatic carbocycles. The van der Waals surface area contributed by atoms with E-state index in [1.165, 1.54) is 5.56 Å². The summed E-state index contributed by atoms with van der Waals surface area (Å²) < 4.78 is 0. The van der Waals surface area contributed by atoms with Gasteiger partial charge in [-0.25, -0.2) is 5.10 Å². The van der Waals surface area contributed by atoms with E-state index in [1.54, 1.807) is 0 Å². The van der Waals surface area contributed by atoms with Crippen LogP contribution in [-0.2, 0) is 0 Å². The molecule has 0 bridgehead atoms. The topological polar surface area (TPSA) is 66.5 Å². The lowest BCUT2D eigenvalue weighted by atomic mass is 10.1. The van der Waals surface area contributed by atoms with Gasteiger partial charge in [0.05, 0.1) is 0 Å². The van der Waals surface area contributed by atoms with Crippen LogP contribution in [-0.4, -0.2) is 27.2 Å². The molecule has 0 spiro atoms. The van der Waals surface area contributed by atoms with Gasteiger partial charge >= 0.3 is 0 Å². The minimum absolute atomic E-state index is 0.686. The van der Waals surface area contributed by atoms with Crippen LogP contribution in [0.4, 0.5) is 5.69 Å². The van der Waals surface area contributed by atoms with Gasteiger partial charge in [-0.15, -0.1) is 5.10 Å².